The third kappa shape index (κ3) is 2.55. The Hall–Kier alpha value is -2.53. The number of H-pyrrole nitrogens is 1. The maximum Gasteiger partial charge on any atom is 0.354 e. The van der Waals surface area contributed by atoms with Crippen molar-refractivity contribution in [2.75, 3.05) is 6.61 Å². The van der Waals surface area contributed by atoms with Crippen molar-refractivity contribution in [3.63, 3.8) is 0 Å². The average molecular weight is 285 g/mol. The molecule has 0 bridgehead atoms. The Kier molecular flexibility index (Phi) is 3.50. The first-order valence-corrected chi connectivity index (χ1v) is 6.71. The fraction of sp³-hybridized carbons (Fsp3) is 0.188. The number of carbonyl (C=O) groups excluding carboxylic acids is 1. The van der Waals surface area contributed by atoms with Crippen LogP contribution in [0.2, 0.25) is 0 Å². The Morgan fingerprint density at radius 2 is 2.05 bits per heavy atom. The summed E-state index contributed by atoms with van der Waals surface area (Å²) in [5.74, 6) is 0.314. The lowest BCUT2D eigenvalue weighted by Gasteiger charge is -1.99. The van der Waals surface area contributed by atoms with Crippen LogP contribution in [0.25, 0.3) is 22.4 Å². The Balaban J connectivity index is 1.91. The Morgan fingerprint density at radius 3 is 2.67 bits per heavy atom. The quantitative estimate of drug-likeness (QED) is 0.722. The van der Waals surface area contributed by atoms with Gasteiger partial charge in [0.15, 0.2) is 5.58 Å². The van der Waals surface area contributed by atoms with Gasteiger partial charge in [-0.25, -0.2) is 4.79 Å². The number of aromatic amines is 1. The van der Waals surface area contributed by atoms with Gasteiger partial charge in [0.25, 0.3) is 0 Å². The molecule has 0 saturated heterocycles. The molecule has 2 N–H and O–H groups in total. The Bertz CT molecular complexity index is 736. The van der Waals surface area contributed by atoms with E-state index in [9.17, 15) is 4.79 Å². The van der Waals surface area contributed by atoms with E-state index in [-0.39, 0.29) is 6.61 Å². The minimum atomic E-state index is -0.391. The average Bonchev–Trinajstić information content (AvgIpc) is 3.06. The zero-order chi connectivity index (χ0) is 14.8. The molecule has 0 aliphatic rings. The van der Waals surface area contributed by atoms with Crippen LogP contribution in [0.3, 0.4) is 0 Å². The predicted octanol–water partition coefficient (Wildman–Crippen LogP) is 3.10. The van der Waals surface area contributed by atoms with Gasteiger partial charge < -0.3 is 19.2 Å². The number of ether oxygens (including phenoxy) is 1. The lowest BCUT2D eigenvalue weighted by molar-refractivity contribution is 0.0520. The zero-order valence-electron chi connectivity index (χ0n) is 11.6. The van der Waals surface area contributed by atoms with Gasteiger partial charge in [0.05, 0.1) is 18.7 Å². The summed E-state index contributed by atoms with van der Waals surface area (Å²) in [5, 5.41) is 9.03. The summed E-state index contributed by atoms with van der Waals surface area (Å²) >= 11 is 0. The first-order valence-electron chi connectivity index (χ1n) is 6.71. The maximum atomic E-state index is 11.6. The number of rotatable bonds is 4. The van der Waals surface area contributed by atoms with Crippen molar-refractivity contribution in [1.29, 1.82) is 0 Å². The number of hydrogen-bond donors (Lipinski definition) is 2. The molecule has 0 radical (unpaired) electrons. The Morgan fingerprint density at radius 1 is 1.29 bits per heavy atom. The van der Waals surface area contributed by atoms with E-state index in [4.69, 9.17) is 14.3 Å². The van der Waals surface area contributed by atoms with Crippen molar-refractivity contribution in [2.45, 2.75) is 13.5 Å². The second-order valence-electron chi connectivity index (χ2n) is 4.65. The van der Waals surface area contributed by atoms with Gasteiger partial charge in [-0.3, -0.25) is 0 Å². The van der Waals surface area contributed by atoms with E-state index >= 15 is 0 Å². The Labute approximate surface area is 121 Å². The van der Waals surface area contributed by atoms with Gasteiger partial charge in [0, 0.05) is 17.7 Å². The molecule has 5 heteroatoms. The van der Waals surface area contributed by atoms with E-state index in [1.54, 1.807) is 13.0 Å². The van der Waals surface area contributed by atoms with Crippen molar-refractivity contribution in [3.8, 4) is 11.3 Å². The van der Waals surface area contributed by atoms with Crippen LogP contribution in [0.5, 0.6) is 0 Å². The van der Waals surface area contributed by atoms with Crippen LogP contribution in [-0.2, 0) is 11.3 Å². The van der Waals surface area contributed by atoms with Crippen LogP contribution in [0.4, 0.5) is 0 Å². The molecule has 0 atom stereocenters. The number of fused-ring (bicyclic) bond motifs is 1. The zero-order valence-corrected chi connectivity index (χ0v) is 11.6. The van der Waals surface area contributed by atoms with Gasteiger partial charge in [0.1, 0.15) is 11.5 Å². The highest BCUT2D eigenvalue weighted by molar-refractivity contribution is 5.94. The van der Waals surface area contributed by atoms with Crippen LogP contribution in [0.15, 0.2) is 40.8 Å². The molecule has 2 aromatic heterocycles. The van der Waals surface area contributed by atoms with E-state index in [0.717, 1.165) is 16.6 Å². The second-order valence-corrected chi connectivity index (χ2v) is 4.65. The third-order valence-electron chi connectivity index (χ3n) is 3.22. The SMILES string of the molecule is CCOC(=O)c1cc2oc(-c3ccc(CO)cc3)cc2[nH]1. The topological polar surface area (TPSA) is 75.5 Å². The molecule has 3 aromatic rings. The highest BCUT2D eigenvalue weighted by Crippen LogP contribution is 2.28. The van der Waals surface area contributed by atoms with Gasteiger partial charge in [-0.1, -0.05) is 24.3 Å². The molecule has 0 saturated carbocycles. The van der Waals surface area contributed by atoms with Crippen molar-refractivity contribution in [1.82, 2.24) is 4.98 Å². The highest BCUT2D eigenvalue weighted by atomic mass is 16.5. The van der Waals surface area contributed by atoms with Gasteiger partial charge in [-0.05, 0) is 12.5 Å². The van der Waals surface area contributed by atoms with Crippen LogP contribution in [-0.4, -0.2) is 22.7 Å². The van der Waals surface area contributed by atoms with Crippen molar-refractivity contribution >= 4 is 17.1 Å². The van der Waals surface area contributed by atoms with E-state index in [0.29, 0.717) is 23.6 Å². The molecule has 0 amide bonds. The first kappa shape index (κ1) is 13.5. The van der Waals surface area contributed by atoms with Gasteiger partial charge in [0.2, 0.25) is 0 Å². The van der Waals surface area contributed by atoms with Crippen molar-refractivity contribution < 1.29 is 19.1 Å². The van der Waals surface area contributed by atoms with Crippen molar-refractivity contribution in [2.24, 2.45) is 0 Å². The number of aliphatic hydroxyl groups excluding tert-OH is 1. The summed E-state index contributed by atoms with van der Waals surface area (Å²) in [7, 11) is 0. The number of furan rings is 1. The van der Waals surface area contributed by atoms with E-state index in [1.807, 2.05) is 30.3 Å². The molecule has 5 nitrogen and oxygen atoms in total. The highest BCUT2D eigenvalue weighted by Gasteiger charge is 2.14. The van der Waals surface area contributed by atoms with E-state index in [2.05, 4.69) is 4.98 Å². The molecule has 0 spiro atoms. The van der Waals surface area contributed by atoms with E-state index < -0.39 is 5.97 Å². The van der Waals surface area contributed by atoms with Gasteiger partial charge in [-0.15, -0.1) is 0 Å². The van der Waals surface area contributed by atoms with Crippen LogP contribution < -0.4 is 0 Å². The van der Waals surface area contributed by atoms with E-state index in [1.165, 1.54) is 0 Å². The molecule has 1 aromatic carbocycles. The fourth-order valence-electron chi connectivity index (χ4n) is 2.16. The predicted molar refractivity (Wildman–Crippen MR) is 77.9 cm³/mol. The summed E-state index contributed by atoms with van der Waals surface area (Å²) in [5.41, 5.74) is 3.50. The molecule has 0 aliphatic carbocycles. The summed E-state index contributed by atoms with van der Waals surface area (Å²) in [6.45, 7) is 2.11. The number of nitrogens with one attached hydrogen (secondary N) is 1. The first-order chi connectivity index (χ1) is 10.2. The van der Waals surface area contributed by atoms with Crippen molar-refractivity contribution in [3.05, 3.63) is 47.7 Å². The molecule has 2 heterocycles. The number of benzene rings is 1. The molecule has 108 valence electrons. The fourth-order valence-corrected chi connectivity index (χ4v) is 2.16. The molecule has 0 aliphatic heterocycles. The number of aromatic nitrogens is 1. The molecule has 21 heavy (non-hydrogen) atoms. The normalized spacial score (nSPS) is 11.0. The summed E-state index contributed by atoms with van der Waals surface area (Å²) in [4.78, 5) is 14.6. The standard InChI is InChI=1S/C16H15NO4/c1-2-20-16(19)13-8-15-12(17-13)7-14(21-15)11-5-3-10(9-18)4-6-11/h3-8,17-18H,2,9H2,1H3. The molecular weight excluding hydrogens is 270 g/mol. The summed E-state index contributed by atoms with van der Waals surface area (Å²) in [6, 6.07) is 10.9. The smallest absolute Gasteiger partial charge is 0.354 e. The largest absolute Gasteiger partial charge is 0.461 e. The van der Waals surface area contributed by atoms with Crippen LogP contribution in [0.1, 0.15) is 23.0 Å². The molecule has 0 unspecified atom stereocenters. The number of hydrogen-bond acceptors (Lipinski definition) is 4. The molecule has 3 rings (SSSR count). The lowest BCUT2D eigenvalue weighted by Crippen LogP contribution is -2.04. The molecule has 0 fully saturated rings. The lowest BCUT2D eigenvalue weighted by atomic mass is 10.1. The second kappa shape index (κ2) is 5.46. The number of carbonyl (C=O) groups is 1. The van der Waals surface area contributed by atoms with Crippen LogP contribution >= 0.6 is 0 Å². The third-order valence-corrected chi connectivity index (χ3v) is 3.22. The number of esters is 1. The van der Waals surface area contributed by atoms with Crippen LogP contribution in [0, 0.1) is 0 Å². The minimum absolute atomic E-state index is 0.0160. The molecular formula is C16H15NO4. The summed E-state index contributed by atoms with van der Waals surface area (Å²) < 4.78 is 10.7. The number of aliphatic hydroxyl groups is 1. The summed E-state index contributed by atoms with van der Waals surface area (Å²) in [6.07, 6.45) is 0. The monoisotopic (exact) mass is 285 g/mol. The minimum Gasteiger partial charge on any atom is -0.461 e. The van der Waals surface area contributed by atoms with Gasteiger partial charge >= 0.3 is 5.97 Å². The maximum absolute atomic E-state index is 11.6. The van der Waals surface area contributed by atoms with Gasteiger partial charge in [-0.2, -0.15) is 0 Å².